The van der Waals surface area contributed by atoms with Gasteiger partial charge in [-0.05, 0) is 149 Å². The van der Waals surface area contributed by atoms with Crippen molar-refractivity contribution in [2.75, 3.05) is 4.90 Å². The van der Waals surface area contributed by atoms with Crippen molar-refractivity contribution >= 4 is 104 Å². The van der Waals surface area contributed by atoms with Crippen LogP contribution in [0.1, 0.15) is 0 Å². The van der Waals surface area contributed by atoms with Crippen LogP contribution in [0.4, 0.5) is 17.1 Å². The number of hydrogen-bond acceptors (Lipinski definition) is 2. The minimum atomic E-state index is 0.857. The van der Waals surface area contributed by atoms with Crippen molar-refractivity contribution in [1.82, 2.24) is 4.57 Å². The Balaban J connectivity index is 0.895. The summed E-state index contributed by atoms with van der Waals surface area (Å²) in [5, 5.41) is 14.6. The van der Waals surface area contributed by atoms with Crippen LogP contribution in [0.15, 0.2) is 271 Å². The Morgan fingerprint density at radius 3 is 1.53 bits per heavy atom. The average molecular weight is 929 g/mol. The van der Waals surface area contributed by atoms with Gasteiger partial charge in [-0.2, -0.15) is 0 Å². The summed E-state index contributed by atoms with van der Waals surface area (Å²) in [4.78, 5) is 2.37. The number of anilines is 3. The summed E-state index contributed by atoms with van der Waals surface area (Å²) in [6.45, 7) is 0. The quantitative estimate of drug-likeness (QED) is 0.149. The van der Waals surface area contributed by atoms with Gasteiger partial charge in [0.2, 0.25) is 0 Å². The molecule has 0 N–H and O–H groups in total. The number of rotatable bonds is 7. The third-order valence-electron chi connectivity index (χ3n) is 15.2. The Morgan fingerprint density at radius 2 is 0.795 bits per heavy atom. The monoisotopic (exact) mass is 928 g/mol. The standard InChI is InChI=1S/C70H44N2O/c1-2-14-45(15-3-1)46-28-36-52(37-29-46)72-66-40-32-49(42-64(66)65-43-50(33-41-67(65)72)55-24-12-17-48-16-4-5-18-54(48)55)47-30-34-51(35-31-47)71(68-26-13-25-62-61-23-10-11-27-69(61)73-70(62)68)53-38-39-60-58-21-7-6-19-56(58)57-20-8-9-22-59(57)63(60)44-53/h1-44H. The molecule has 3 nitrogen and oxygen atoms in total. The van der Waals surface area contributed by atoms with E-state index in [9.17, 15) is 0 Å². The molecule has 0 atom stereocenters. The molecule has 15 rings (SSSR count). The van der Waals surface area contributed by atoms with Crippen molar-refractivity contribution < 1.29 is 4.42 Å². The van der Waals surface area contributed by atoms with Crippen LogP contribution in [0.2, 0.25) is 0 Å². The summed E-state index contributed by atoms with van der Waals surface area (Å²) >= 11 is 0. The molecule has 2 aromatic heterocycles. The van der Waals surface area contributed by atoms with Gasteiger partial charge in [-0.15, -0.1) is 0 Å². The van der Waals surface area contributed by atoms with Gasteiger partial charge in [-0.1, -0.05) is 194 Å². The second kappa shape index (κ2) is 16.4. The van der Waals surface area contributed by atoms with E-state index in [0.717, 1.165) is 55.8 Å². The van der Waals surface area contributed by atoms with Crippen LogP contribution < -0.4 is 4.90 Å². The molecule has 0 aliphatic carbocycles. The fourth-order valence-corrected chi connectivity index (χ4v) is 11.7. The second-order valence-electron chi connectivity index (χ2n) is 19.2. The summed E-state index contributed by atoms with van der Waals surface area (Å²) in [7, 11) is 0. The van der Waals surface area contributed by atoms with E-state index in [-0.39, 0.29) is 0 Å². The summed E-state index contributed by atoms with van der Waals surface area (Å²) in [6, 6.07) is 97.3. The Bertz CT molecular complexity index is 4620. The van der Waals surface area contributed by atoms with E-state index < -0.39 is 0 Å². The third-order valence-corrected chi connectivity index (χ3v) is 15.2. The molecule has 2 heterocycles. The molecular formula is C70H44N2O. The van der Waals surface area contributed by atoms with Gasteiger partial charge >= 0.3 is 0 Å². The molecule has 0 saturated carbocycles. The Morgan fingerprint density at radius 1 is 0.288 bits per heavy atom. The molecule has 0 radical (unpaired) electrons. The molecule has 0 fully saturated rings. The highest BCUT2D eigenvalue weighted by molar-refractivity contribution is 6.26. The zero-order valence-electron chi connectivity index (χ0n) is 39.7. The molecule has 340 valence electrons. The van der Waals surface area contributed by atoms with Crippen LogP contribution in [0.5, 0.6) is 0 Å². The SMILES string of the molecule is c1ccc(-c2ccc(-n3c4ccc(-c5ccc(N(c6ccc7c8ccccc8c8ccccc8c7c6)c6cccc7c6oc6ccccc67)cc5)cc4c4cc(-c5cccc6ccccc56)ccc43)cc2)cc1. The first-order valence-corrected chi connectivity index (χ1v) is 25.1. The van der Waals surface area contributed by atoms with E-state index in [1.165, 1.54) is 87.1 Å². The Hall–Kier alpha value is -9.70. The van der Waals surface area contributed by atoms with Gasteiger partial charge < -0.3 is 13.9 Å². The molecule has 0 aliphatic rings. The number of benzene rings is 13. The number of aromatic nitrogens is 1. The summed E-state index contributed by atoms with van der Waals surface area (Å²) in [5.74, 6) is 0. The normalized spacial score (nSPS) is 11.8. The highest BCUT2D eigenvalue weighted by atomic mass is 16.3. The van der Waals surface area contributed by atoms with E-state index in [4.69, 9.17) is 4.42 Å². The van der Waals surface area contributed by atoms with E-state index in [1.807, 2.05) is 6.07 Å². The van der Waals surface area contributed by atoms with Gasteiger partial charge in [0.05, 0.1) is 16.7 Å². The zero-order chi connectivity index (χ0) is 48.0. The van der Waals surface area contributed by atoms with Gasteiger partial charge in [-0.3, -0.25) is 0 Å². The van der Waals surface area contributed by atoms with E-state index in [2.05, 4.69) is 270 Å². The summed E-state index contributed by atoms with van der Waals surface area (Å²) in [6.07, 6.45) is 0. The summed E-state index contributed by atoms with van der Waals surface area (Å²) in [5.41, 5.74) is 15.4. The minimum Gasteiger partial charge on any atom is -0.454 e. The molecule has 0 unspecified atom stereocenters. The molecule has 0 aliphatic heterocycles. The van der Waals surface area contributed by atoms with Crippen LogP contribution in [-0.2, 0) is 0 Å². The highest BCUT2D eigenvalue weighted by Crippen LogP contribution is 2.46. The van der Waals surface area contributed by atoms with E-state index >= 15 is 0 Å². The minimum absolute atomic E-state index is 0.857. The van der Waals surface area contributed by atoms with Crippen molar-refractivity contribution in [2.24, 2.45) is 0 Å². The molecule has 0 bridgehead atoms. The van der Waals surface area contributed by atoms with Gasteiger partial charge in [0.1, 0.15) is 5.58 Å². The largest absolute Gasteiger partial charge is 0.454 e. The lowest BCUT2D eigenvalue weighted by atomic mass is 9.94. The topological polar surface area (TPSA) is 21.3 Å². The van der Waals surface area contributed by atoms with Gasteiger partial charge in [0.25, 0.3) is 0 Å². The van der Waals surface area contributed by atoms with Crippen LogP contribution in [0.25, 0.3) is 126 Å². The molecule has 73 heavy (non-hydrogen) atoms. The van der Waals surface area contributed by atoms with E-state index in [0.29, 0.717) is 0 Å². The van der Waals surface area contributed by atoms with Crippen LogP contribution in [0, 0.1) is 0 Å². The first kappa shape index (κ1) is 41.1. The molecule has 15 aromatic rings. The fraction of sp³-hybridized carbons (Fsp3) is 0. The molecule has 0 amide bonds. The highest BCUT2D eigenvalue weighted by Gasteiger charge is 2.22. The lowest BCUT2D eigenvalue weighted by molar-refractivity contribution is 0.669. The van der Waals surface area contributed by atoms with Crippen LogP contribution >= 0.6 is 0 Å². The van der Waals surface area contributed by atoms with Gasteiger partial charge in [0, 0.05) is 38.6 Å². The molecule has 0 spiro atoms. The molecule has 0 saturated heterocycles. The van der Waals surface area contributed by atoms with Crippen molar-refractivity contribution in [3.8, 4) is 39.1 Å². The fourth-order valence-electron chi connectivity index (χ4n) is 11.7. The first-order chi connectivity index (χ1) is 36.2. The maximum atomic E-state index is 6.77. The first-order valence-electron chi connectivity index (χ1n) is 25.1. The number of furan rings is 1. The van der Waals surface area contributed by atoms with Gasteiger partial charge in [-0.25, -0.2) is 0 Å². The molecular weight excluding hydrogens is 885 g/mol. The lowest BCUT2D eigenvalue weighted by Crippen LogP contribution is -2.10. The van der Waals surface area contributed by atoms with Crippen molar-refractivity contribution in [3.63, 3.8) is 0 Å². The van der Waals surface area contributed by atoms with Crippen molar-refractivity contribution in [3.05, 3.63) is 267 Å². The lowest BCUT2D eigenvalue weighted by Gasteiger charge is -2.26. The number of hydrogen-bond donors (Lipinski definition) is 0. The number of nitrogens with zero attached hydrogens (tertiary/aromatic N) is 2. The Kier molecular flexibility index (Phi) is 9.26. The molecule has 13 aromatic carbocycles. The van der Waals surface area contributed by atoms with Crippen molar-refractivity contribution in [2.45, 2.75) is 0 Å². The average Bonchev–Trinajstić information content (AvgIpc) is 4.02. The number of para-hydroxylation sites is 2. The smallest absolute Gasteiger partial charge is 0.159 e. The predicted octanol–water partition coefficient (Wildman–Crippen LogP) is 19.8. The van der Waals surface area contributed by atoms with E-state index in [1.54, 1.807) is 0 Å². The van der Waals surface area contributed by atoms with Crippen LogP contribution in [0.3, 0.4) is 0 Å². The zero-order valence-corrected chi connectivity index (χ0v) is 39.7. The maximum Gasteiger partial charge on any atom is 0.159 e. The van der Waals surface area contributed by atoms with Gasteiger partial charge in [0.15, 0.2) is 5.58 Å². The Labute approximate surface area is 421 Å². The van der Waals surface area contributed by atoms with Crippen LogP contribution in [-0.4, -0.2) is 4.57 Å². The summed E-state index contributed by atoms with van der Waals surface area (Å²) < 4.78 is 9.19. The predicted molar refractivity (Wildman–Crippen MR) is 309 cm³/mol. The third kappa shape index (κ3) is 6.60. The molecule has 3 heteroatoms. The second-order valence-corrected chi connectivity index (χ2v) is 19.2. The van der Waals surface area contributed by atoms with Crippen molar-refractivity contribution in [1.29, 1.82) is 0 Å². The number of fused-ring (bicyclic) bond motifs is 13. The maximum absolute atomic E-state index is 6.77.